The van der Waals surface area contributed by atoms with Gasteiger partial charge in [0.15, 0.2) is 10.1 Å². The predicted octanol–water partition coefficient (Wildman–Crippen LogP) is 3.04. The Morgan fingerprint density at radius 3 is 2.70 bits per heavy atom. The number of rotatable bonds is 7. The summed E-state index contributed by atoms with van der Waals surface area (Å²) in [7, 11) is 0. The number of carboxylic acids is 1. The Morgan fingerprint density at radius 1 is 1.35 bits per heavy atom. The van der Waals surface area contributed by atoms with Crippen LogP contribution in [0.2, 0.25) is 5.02 Å². The number of aliphatic carboxylic acids is 1. The molecule has 0 aliphatic carbocycles. The van der Waals surface area contributed by atoms with Crippen molar-refractivity contribution in [1.82, 2.24) is 10.2 Å². The maximum Gasteiger partial charge on any atom is 0.351 e. The molecule has 0 saturated carbocycles. The third-order valence-electron chi connectivity index (χ3n) is 2.53. The van der Waals surface area contributed by atoms with Crippen LogP contribution in [0.25, 0.3) is 0 Å². The van der Waals surface area contributed by atoms with Crippen LogP contribution in [0.5, 0.6) is 0 Å². The van der Waals surface area contributed by atoms with Gasteiger partial charge in [0.05, 0.1) is 5.75 Å². The van der Waals surface area contributed by atoms with Gasteiger partial charge in [-0.3, -0.25) is 10.2 Å². The first-order valence-corrected chi connectivity index (χ1v) is 8.42. The number of anilines is 1. The van der Waals surface area contributed by atoms with Crippen LogP contribution in [-0.2, 0) is 4.79 Å². The zero-order valence-electron chi connectivity index (χ0n) is 11.8. The molecule has 0 unspecified atom stereocenters. The predicted molar refractivity (Wildman–Crippen MR) is 90.8 cm³/mol. The summed E-state index contributed by atoms with van der Waals surface area (Å²) in [5.74, 6) is -0.950. The van der Waals surface area contributed by atoms with Crippen LogP contribution in [-0.4, -0.2) is 38.5 Å². The first kappa shape index (κ1) is 17.4. The summed E-state index contributed by atoms with van der Waals surface area (Å²) in [5, 5.41) is 21.0. The minimum atomic E-state index is -1.12. The van der Waals surface area contributed by atoms with E-state index in [1.165, 1.54) is 30.0 Å². The maximum absolute atomic E-state index is 12.0. The van der Waals surface area contributed by atoms with E-state index in [1.54, 1.807) is 24.3 Å². The second-order valence-electron chi connectivity index (χ2n) is 4.21. The van der Waals surface area contributed by atoms with E-state index < -0.39 is 5.97 Å². The summed E-state index contributed by atoms with van der Waals surface area (Å²) in [6.45, 7) is 1.36. The van der Waals surface area contributed by atoms with E-state index in [0.29, 0.717) is 20.1 Å². The molecule has 0 bridgehead atoms. The second-order valence-corrected chi connectivity index (χ2v) is 6.84. The van der Waals surface area contributed by atoms with E-state index in [2.05, 4.69) is 20.7 Å². The highest BCUT2D eigenvalue weighted by Crippen LogP contribution is 2.26. The quantitative estimate of drug-likeness (QED) is 0.334. The largest absolute Gasteiger partial charge is 0.477 e. The number of nitrogens with one attached hydrogen (secondary N) is 1. The topological polar surface area (TPSA) is 105 Å². The standard InChI is InChI=1S/C13H11ClN4O3S2/c1-7(11(20)21)15-16-12-17-18-13(23-12)22-6-10(19)8-2-4-9(14)5-3-8/h2-5H,6H2,1H3,(H,16,17)(H,20,21)/b15-7+. The SMILES string of the molecule is C/C(=N\Nc1nnc(SCC(=O)c2ccc(Cl)cc2)s1)C(=O)O. The van der Waals surface area contributed by atoms with Crippen molar-refractivity contribution in [3.05, 3.63) is 34.9 Å². The fourth-order valence-electron chi connectivity index (χ4n) is 1.34. The fourth-order valence-corrected chi connectivity index (χ4v) is 3.05. The number of aromatic nitrogens is 2. The third-order valence-corrected chi connectivity index (χ3v) is 4.74. The Bertz CT molecular complexity index is 746. The van der Waals surface area contributed by atoms with Gasteiger partial charge in [-0.25, -0.2) is 4.79 Å². The summed E-state index contributed by atoms with van der Waals surface area (Å²) in [4.78, 5) is 22.6. The van der Waals surface area contributed by atoms with Crippen LogP contribution in [0.15, 0.2) is 33.7 Å². The van der Waals surface area contributed by atoms with Gasteiger partial charge in [0.2, 0.25) is 5.13 Å². The van der Waals surface area contributed by atoms with E-state index >= 15 is 0 Å². The van der Waals surface area contributed by atoms with Crippen molar-refractivity contribution in [2.24, 2.45) is 5.10 Å². The third kappa shape index (κ3) is 5.31. The number of halogens is 1. The number of carbonyl (C=O) groups is 2. The first-order chi connectivity index (χ1) is 11.0. The average molecular weight is 371 g/mol. The lowest BCUT2D eigenvalue weighted by molar-refractivity contribution is -0.129. The summed E-state index contributed by atoms with van der Waals surface area (Å²) in [6.07, 6.45) is 0. The molecule has 1 aromatic carbocycles. The number of nitrogens with zero attached hydrogens (tertiary/aromatic N) is 3. The number of benzene rings is 1. The lowest BCUT2D eigenvalue weighted by atomic mass is 10.1. The number of hydrogen-bond acceptors (Lipinski definition) is 8. The Kier molecular flexibility index (Phi) is 6.08. The second kappa shape index (κ2) is 8.04. The highest BCUT2D eigenvalue weighted by molar-refractivity contribution is 8.01. The molecule has 0 fully saturated rings. The molecule has 0 amide bonds. The summed E-state index contributed by atoms with van der Waals surface area (Å²) in [6, 6.07) is 6.66. The van der Waals surface area contributed by atoms with Gasteiger partial charge in [-0.1, -0.05) is 34.7 Å². The molecular weight excluding hydrogens is 360 g/mol. The van der Waals surface area contributed by atoms with Gasteiger partial charge in [0, 0.05) is 10.6 Å². The minimum absolute atomic E-state index is 0.0453. The first-order valence-electron chi connectivity index (χ1n) is 6.24. The Hall–Kier alpha value is -1.97. The summed E-state index contributed by atoms with van der Waals surface area (Å²) >= 11 is 8.21. The molecule has 120 valence electrons. The van der Waals surface area contributed by atoms with Crippen molar-refractivity contribution in [2.45, 2.75) is 11.3 Å². The highest BCUT2D eigenvalue weighted by Gasteiger charge is 2.10. The normalized spacial score (nSPS) is 11.3. The zero-order valence-corrected chi connectivity index (χ0v) is 14.2. The van der Waals surface area contributed by atoms with Crippen LogP contribution >= 0.6 is 34.7 Å². The molecule has 1 aromatic heterocycles. The lowest BCUT2D eigenvalue weighted by Gasteiger charge is -1.99. The Balaban J connectivity index is 1.89. The van der Waals surface area contributed by atoms with Crippen molar-refractivity contribution >= 4 is 57.3 Å². The molecule has 2 aromatic rings. The van der Waals surface area contributed by atoms with E-state index in [4.69, 9.17) is 16.7 Å². The van der Waals surface area contributed by atoms with E-state index in [-0.39, 0.29) is 17.2 Å². The molecule has 1 heterocycles. The monoisotopic (exact) mass is 370 g/mol. The number of hydrazone groups is 1. The number of ketones is 1. The summed E-state index contributed by atoms with van der Waals surface area (Å²) in [5.41, 5.74) is 3.00. The molecule has 23 heavy (non-hydrogen) atoms. The molecule has 2 N–H and O–H groups in total. The van der Waals surface area contributed by atoms with Crippen molar-refractivity contribution < 1.29 is 14.7 Å². The van der Waals surface area contributed by atoms with Gasteiger partial charge < -0.3 is 5.11 Å². The number of carboxylic acid groups (broad SMARTS) is 1. The molecular formula is C13H11ClN4O3S2. The van der Waals surface area contributed by atoms with Crippen LogP contribution < -0.4 is 5.43 Å². The van der Waals surface area contributed by atoms with E-state index in [1.807, 2.05) is 0 Å². The van der Waals surface area contributed by atoms with Crippen LogP contribution in [0.1, 0.15) is 17.3 Å². The molecule has 10 heteroatoms. The van der Waals surface area contributed by atoms with Crippen LogP contribution in [0.3, 0.4) is 0 Å². The summed E-state index contributed by atoms with van der Waals surface area (Å²) < 4.78 is 0.581. The Labute approximate surface area is 144 Å². The van der Waals surface area contributed by atoms with Crippen molar-refractivity contribution in [3.63, 3.8) is 0 Å². The van der Waals surface area contributed by atoms with Crippen molar-refractivity contribution in [2.75, 3.05) is 11.2 Å². The van der Waals surface area contributed by atoms with Gasteiger partial charge in [-0.05, 0) is 31.2 Å². The molecule has 0 spiro atoms. The smallest absolute Gasteiger partial charge is 0.351 e. The molecule has 0 atom stereocenters. The zero-order chi connectivity index (χ0) is 16.8. The maximum atomic E-state index is 12.0. The molecule has 0 aliphatic rings. The number of thioether (sulfide) groups is 1. The van der Waals surface area contributed by atoms with Crippen LogP contribution in [0, 0.1) is 0 Å². The van der Waals surface area contributed by atoms with Gasteiger partial charge in [0.25, 0.3) is 0 Å². The Morgan fingerprint density at radius 2 is 2.04 bits per heavy atom. The minimum Gasteiger partial charge on any atom is -0.477 e. The van der Waals surface area contributed by atoms with Gasteiger partial charge >= 0.3 is 5.97 Å². The number of carbonyl (C=O) groups excluding carboxylic acids is 1. The van der Waals surface area contributed by atoms with Gasteiger partial charge in [0.1, 0.15) is 5.71 Å². The molecule has 7 nitrogen and oxygen atoms in total. The number of Topliss-reactive ketones (excluding diaryl/α,β-unsaturated/α-hetero) is 1. The molecule has 0 aliphatic heterocycles. The molecule has 0 radical (unpaired) electrons. The molecule has 0 saturated heterocycles. The average Bonchev–Trinajstić information content (AvgIpc) is 2.98. The van der Waals surface area contributed by atoms with Crippen molar-refractivity contribution in [1.29, 1.82) is 0 Å². The molecule has 2 rings (SSSR count). The van der Waals surface area contributed by atoms with E-state index in [0.717, 1.165) is 0 Å². The van der Waals surface area contributed by atoms with Crippen LogP contribution in [0.4, 0.5) is 5.13 Å². The fraction of sp³-hybridized carbons (Fsp3) is 0.154. The lowest BCUT2D eigenvalue weighted by Crippen LogP contribution is -2.10. The van der Waals surface area contributed by atoms with Gasteiger partial charge in [-0.2, -0.15) is 5.10 Å². The van der Waals surface area contributed by atoms with Gasteiger partial charge in [-0.15, -0.1) is 10.2 Å². The highest BCUT2D eigenvalue weighted by atomic mass is 35.5. The number of hydrogen-bond donors (Lipinski definition) is 2. The van der Waals surface area contributed by atoms with Crippen molar-refractivity contribution in [3.8, 4) is 0 Å². The van der Waals surface area contributed by atoms with E-state index in [9.17, 15) is 9.59 Å².